The number of halogens is 17. The predicted molar refractivity (Wildman–Crippen MR) is 80.4 cm³/mol. The molecule has 0 aliphatic rings. The van der Waals surface area contributed by atoms with Gasteiger partial charge in [-0.25, -0.2) is 0 Å². The quantitative estimate of drug-likeness (QED) is 0.316. The molecule has 0 fully saturated rings. The van der Waals surface area contributed by atoms with Gasteiger partial charge in [-0.1, -0.05) is 18.2 Å². The molecule has 198 valence electrons. The highest BCUT2D eigenvalue weighted by molar-refractivity contribution is 5.55. The molecular weight excluding hydrogens is 529 g/mol. The van der Waals surface area contributed by atoms with Crippen molar-refractivity contribution in [3.8, 4) is 0 Å². The van der Waals surface area contributed by atoms with Crippen LogP contribution in [-0.2, 0) is 5.92 Å². The molecule has 1 nitrogen and oxygen atoms in total. The van der Waals surface area contributed by atoms with Gasteiger partial charge in [0.15, 0.2) is 0 Å². The molecule has 1 aromatic carbocycles. The lowest BCUT2D eigenvalue weighted by Gasteiger charge is -2.43. The Kier molecular flexibility index (Phi) is 6.96. The second-order valence-corrected chi connectivity index (χ2v) is 6.93. The molecule has 0 heterocycles. The Balaban J connectivity index is 3.80. The van der Waals surface area contributed by atoms with E-state index in [-0.39, 0.29) is 6.07 Å². The largest absolute Gasteiger partial charge is 0.460 e. The van der Waals surface area contributed by atoms with Crippen LogP contribution in [0.4, 0.5) is 80.3 Å². The summed E-state index contributed by atoms with van der Waals surface area (Å²) < 4.78 is 227. The van der Waals surface area contributed by atoms with Gasteiger partial charge in [-0.2, -0.15) is 74.6 Å². The van der Waals surface area contributed by atoms with Crippen molar-refractivity contribution in [2.24, 2.45) is 0 Å². The molecule has 0 atom stereocenters. The minimum Gasteiger partial charge on any atom is -0.377 e. The maximum absolute atomic E-state index is 14.3. The molecule has 0 radical (unpaired) electrons. The first kappa shape index (κ1) is 29.9. The van der Waals surface area contributed by atoms with Crippen molar-refractivity contribution in [3.05, 3.63) is 29.8 Å². The average molecular weight is 539 g/mol. The van der Waals surface area contributed by atoms with Crippen LogP contribution in [0.5, 0.6) is 0 Å². The fraction of sp³-hybridized carbons (Fsp3) is 0.625. The van der Waals surface area contributed by atoms with Crippen LogP contribution in [-0.4, -0.2) is 55.8 Å². The number of para-hydroxylation sites is 1. The van der Waals surface area contributed by atoms with E-state index in [2.05, 4.69) is 0 Å². The Morgan fingerprint density at radius 1 is 0.471 bits per heavy atom. The van der Waals surface area contributed by atoms with Crippen LogP contribution in [0.1, 0.15) is 5.56 Å². The Hall–Kier alpha value is -2.17. The zero-order valence-electron chi connectivity index (χ0n) is 16.2. The second kappa shape index (κ2) is 7.93. The highest BCUT2D eigenvalue weighted by Crippen LogP contribution is 2.65. The van der Waals surface area contributed by atoms with Gasteiger partial charge >= 0.3 is 47.6 Å². The predicted octanol–water partition coefficient (Wildman–Crippen LogP) is 7.22. The molecule has 1 rings (SSSR count). The SMILES string of the molecule is CN(C)c1ccccc1C(F)(F)C(F)(F)C(F)(F)C(F)(F)C(F)(F)C(F)(F)C(F)(F)C(F)(F)F. The Morgan fingerprint density at radius 2 is 0.794 bits per heavy atom. The molecule has 0 aliphatic heterocycles. The van der Waals surface area contributed by atoms with Gasteiger partial charge in [0.05, 0.1) is 5.56 Å². The summed E-state index contributed by atoms with van der Waals surface area (Å²) in [5.41, 5.74) is -3.32. The lowest BCUT2D eigenvalue weighted by Crippen LogP contribution is -2.74. The van der Waals surface area contributed by atoms with E-state index >= 15 is 0 Å². The van der Waals surface area contributed by atoms with Crippen LogP contribution in [0, 0.1) is 0 Å². The molecule has 0 aliphatic carbocycles. The standard InChI is InChI=1S/C16H10F17N/c1-34(2)8-6-4-3-5-7(8)9(17,18)10(19,20)11(21,22)12(23,24)13(25,26)14(27,28)15(29,30)16(31,32)33/h3-6H,1-2H3. The van der Waals surface area contributed by atoms with Crippen molar-refractivity contribution >= 4 is 5.69 Å². The van der Waals surface area contributed by atoms with Crippen molar-refractivity contribution in [2.75, 3.05) is 19.0 Å². The fourth-order valence-electron chi connectivity index (χ4n) is 2.46. The lowest BCUT2D eigenvalue weighted by molar-refractivity contribution is -0.462. The third-order valence-corrected chi connectivity index (χ3v) is 4.45. The maximum Gasteiger partial charge on any atom is 0.460 e. The van der Waals surface area contributed by atoms with Crippen LogP contribution < -0.4 is 4.90 Å². The molecule has 0 amide bonds. The number of hydrogen-bond acceptors (Lipinski definition) is 1. The number of hydrogen-bond donors (Lipinski definition) is 0. The van der Waals surface area contributed by atoms with Crippen LogP contribution in [0.2, 0.25) is 0 Å². The van der Waals surface area contributed by atoms with Crippen LogP contribution in [0.15, 0.2) is 24.3 Å². The van der Waals surface area contributed by atoms with Gasteiger partial charge in [0, 0.05) is 19.8 Å². The number of alkyl halides is 17. The van der Waals surface area contributed by atoms with Gasteiger partial charge in [-0.15, -0.1) is 0 Å². The minimum atomic E-state index is -8.64. The molecule has 0 saturated heterocycles. The van der Waals surface area contributed by atoms with Gasteiger partial charge < -0.3 is 4.90 Å². The lowest BCUT2D eigenvalue weighted by atomic mass is 9.86. The summed E-state index contributed by atoms with van der Waals surface area (Å²) in [5.74, 6) is -56.6. The number of rotatable bonds is 8. The molecular formula is C16H10F17N. The number of anilines is 1. The van der Waals surface area contributed by atoms with Gasteiger partial charge in [-0.3, -0.25) is 0 Å². The number of nitrogens with zero attached hydrogens (tertiary/aromatic N) is 1. The summed E-state index contributed by atoms with van der Waals surface area (Å²) in [4.78, 5) is 0.530. The van der Waals surface area contributed by atoms with Gasteiger partial charge in [0.1, 0.15) is 0 Å². The normalized spacial score (nSPS) is 15.5. The number of benzene rings is 1. The van der Waals surface area contributed by atoms with Crippen molar-refractivity contribution in [1.29, 1.82) is 0 Å². The van der Waals surface area contributed by atoms with E-state index in [0.717, 1.165) is 20.2 Å². The van der Waals surface area contributed by atoms with Crippen molar-refractivity contribution < 1.29 is 74.6 Å². The topological polar surface area (TPSA) is 3.24 Å². The maximum atomic E-state index is 14.3. The molecule has 1 aromatic rings. The highest BCUT2D eigenvalue weighted by Gasteiger charge is 2.95. The molecule has 0 aromatic heterocycles. The summed E-state index contributed by atoms with van der Waals surface area (Å²) in [6, 6.07) is 1.77. The average Bonchev–Trinajstić information content (AvgIpc) is 2.65. The second-order valence-electron chi connectivity index (χ2n) is 6.93. The molecule has 0 saturated carbocycles. The zero-order chi connectivity index (χ0) is 27.6. The summed E-state index contributed by atoms with van der Waals surface area (Å²) in [7, 11) is 1.68. The van der Waals surface area contributed by atoms with E-state index in [9.17, 15) is 74.6 Å². The van der Waals surface area contributed by atoms with Crippen molar-refractivity contribution in [1.82, 2.24) is 0 Å². The molecule has 0 unspecified atom stereocenters. The van der Waals surface area contributed by atoms with Gasteiger partial charge in [-0.05, 0) is 6.07 Å². The molecule has 0 bridgehead atoms. The van der Waals surface area contributed by atoms with Crippen LogP contribution in [0.3, 0.4) is 0 Å². The zero-order valence-corrected chi connectivity index (χ0v) is 16.2. The summed E-state index contributed by atoms with van der Waals surface area (Å²) in [6.07, 6.45) is -7.78. The van der Waals surface area contributed by atoms with Crippen molar-refractivity contribution in [2.45, 2.75) is 47.6 Å². The van der Waals surface area contributed by atoms with E-state index < -0.39 is 58.9 Å². The van der Waals surface area contributed by atoms with E-state index in [1.54, 1.807) is 0 Å². The fourth-order valence-corrected chi connectivity index (χ4v) is 2.46. The van der Waals surface area contributed by atoms with Crippen LogP contribution >= 0.6 is 0 Å². The van der Waals surface area contributed by atoms with E-state index in [0.29, 0.717) is 17.0 Å². The monoisotopic (exact) mass is 539 g/mol. The van der Waals surface area contributed by atoms with E-state index in [1.165, 1.54) is 0 Å². The Bertz CT molecular complexity index is 884. The summed E-state index contributed by atoms with van der Waals surface area (Å²) in [6.45, 7) is 0. The molecule has 0 N–H and O–H groups in total. The first-order chi connectivity index (χ1) is 14.7. The summed E-state index contributed by atoms with van der Waals surface area (Å²) in [5, 5.41) is 0. The molecule has 18 heteroatoms. The first-order valence-electron chi connectivity index (χ1n) is 8.16. The van der Waals surface area contributed by atoms with Gasteiger partial charge in [0.2, 0.25) is 0 Å². The third-order valence-electron chi connectivity index (χ3n) is 4.45. The smallest absolute Gasteiger partial charge is 0.377 e. The third kappa shape index (κ3) is 3.70. The van der Waals surface area contributed by atoms with E-state index in [1.807, 2.05) is 0 Å². The molecule has 0 spiro atoms. The van der Waals surface area contributed by atoms with Crippen molar-refractivity contribution in [3.63, 3.8) is 0 Å². The van der Waals surface area contributed by atoms with E-state index in [4.69, 9.17) is 0 Å². The highest BCUT2D eigenvalue weighted by atomic mass is 19.4. The molecule has 34 heavy (non-hydrogen) atoms. The van der Waals surface area contributed by atoms with Gasteiger partial charge in [0.25, 0.3) is 0 Å². The Morgan fingerprint density at radius 3 is 1.15 bits per heavy atom. The summed E-state index contributed by atoms with van der Waals surface area (Å²) >= 11 is 0. The first-order valence-corrected chi connectivity index (χ1v) is 8.16. The van der Waals surface area contributed by atoms with Crippen LogP contribution in [0.25, 0.3) is 0 Å². The Labute approximate surface area is 178 Å². The minimum absolute atomic E-state index is 0.0674.